The van der Waals surface area contributed by atoms with Crippen LogP contribution in [0.5, 0.6) is 0 Å². The summed E-state index contributed by atoms with van der Waals surface area (Å²) in [6, 6.07) is 13.5. The zero-order valence-electron chi connectivity index (χ0n) is 15.5. The second-order valence-electron chi connectivity index (χ2n) is 6.68. The number of hydrogen-bond donors (Lipinski definition) is 2. The Bertz CT molecular complexity index is 923. The van der Waals surface area contributed by atoms with Gasteiger partial charge in [-0.2, -0.15) is 0 Å². The van der Waals surface area contributed by atoms with E-state index in [9.17, 15) is 4.79 Å². The lowest BCUT2D eigenvalue weighted by atomic mass is 10.2. The third-order valence-electron chi connectivity index (χ3n) is 4.66. The van der Waals surface area contributed by atoms with E-state index in [1.54, 1.807) is 24.7 Å². The van der Waals surface area contributed by atoms with Gasteiger partial charge in [0.15, 0.2) is 0 Å². The van der Waals surface area contributed by atoms with Crippen molar-refractivity contribution in [2.75, 3.05) is 23.3 Å². The van der Waals surface area contributed by atoms with Crippen LogP contribution in [0.3, 0.4) is 0 Å². The molecule has 1 aromatic carbocycles. The normalized spacial score (nSPS) is 13.4. The molecule has 2 aromatic heterocycles. The van der Waals surface area contributed by atoms with E-state index >= 15 is 0 Å². The highest BCUT2D eigenvalue weighted by molar-refractivity contribution is 5.92. The lowest BCUT2D eigenvalue weighted by Crippen LogP contribution is -2.24. The Hall–Kier alpha value is -3.48. The molecule has 4 rings (SSSR count). The van der Waals surface area contributed by atoms with Gasteiger partial charge in [0.05, 0.1) is 0 Å². The number of carbonyl (C=O) groups excluding carboxylic acids is 1. The largest absolute Gasteiger partial charge is 0.372 e. The molecule has 1 aliphatic heterocycles. The molecule has 7 nitrogen and oxygen atoms in total. The molecular formula is C21H22N6O. The van der Waals surface area contributed by atoms with Crippen LogP contribution in [-0.2, 0) is 6.54 Å². The second kappa shape index (κ2) is 8.47. The monoisotopic (exact) mass is 374 g/mol. The van der Waals surface area contributed by atoms with E-state index in [0.717, 1.165) is 24.3 Å². The number of nitrogens with zero attached hydrogens (tertiary/aromatic N) is 4. The summed E-state index contributed by atoms with van der Waals surface area (Å²) in [6.45, 7) is 2.63. The number of carbonyl (C=O) groups is 1. The Morgan fingerprint density at radius 1 is 1.04 bits per heavy atom. The van der Waals surface area contributed by atoms with E-state index in [0.29, 0.717) is 18.2 Å². The zero-order chi connectivity index (χ0) is 19.2. The van der Waals surface area contributed by atoms with E-state index < -0.39 is 0 Å². The average Bonchev–Trinajstić information content (AvgIpc) is 3.28. The summed E-state index contributed by atoms with van der Waals surface area (Å²) in [5.74, 6) is 0.140. The smallest absolute Gasteiger partial charge is 0.270 e. The third-order valence-corrected chi connectivity index (χ3v) is 4.66. The van der Waals surface area contributed by atoms with Crippen LogP contribution >= 0.6 is 0 Å². The minimum absolute atomic E-state index is 0.251. The molecule has 7 heteroatoms. The van der Waals surface area contributed by atoms with Gasteiger partial charge in [-0.05, 0) is 54.8 Å². The molecule has 2 N–H and O–H groups in total. The molecular weight excluding hydrogens is 352 g/mol. The molecule has 1 saturated heterocycles. The number of anilines is 3. The van der Waals surface area contributed by atoms with Crippen molar-refractivity contribution in [2.45, 2.75) is 19.4 Å². The first-order valence-corrected chi connectivity index (χ1v) is 9.40. The molecule has 142 valence electrons. The Morgan fingerprint density at radius 2 is 1.86 bits per heavy atom. The Labute approximate surface area is 163 Å². The van der Waals surface area contributed by atoms with Crippen LogP contribution in [0.25, 0.3) is 0 Å². The predicted molar refractivity (Wildman–Crippen MR) is 109 cm³/mol. The molecule has 0 bridgehead atoms. The standard InChI is InChI=1S/C21H22N6O/c28-20(24-15-16-4-3-10-22-14-16)19-9-11-23-21(26-19)25-17-5-7-18(8-6-17)27-12-1-2-13-27/h3-11,14H,1-2,12-13,15H2,(H,24,28)(H,23,25,26). The van der Waals surface area contributed by atoms with Crippen molar-refractivity contribution < 1.29 is 4.79 Å². The van der Waals surface area contributed by atoms with Crippen molar-refractivity contribution in [3.05, 3.63) is 72.3 Å². The van der Waals surface area contributed by atoms with Gasteiger partial charge in [0.2, 0.25) is 5.95 Å². The van der Waals surface area contributed by atoms with Gasteiger partial charge in [-0.1, -0.05) is 6.07 Å². The SMILES string of the molecule is O=C(NCc1cccnc1)c1ccnc(Nc2ccc(N3CCCC3)cc2)n1. The van der Waals surface area contributed by atoms with Gasteiger partial charge in [0.1, 0.15) is 5.69 Å². The molecule has 0 aliphatic carbocycles. The fraction of sp³-hybridized carbons (Fsp3) is 0.238. The van der Waals surface area contributed by atoms with Crippen LogP contribution in [0.4, 0.5) is 17.3 Å². The third kappa shape index (κ3) is 4.43. The first-order valence-electron chi connectivity index (χ1n) is 9.40. The molecule has 28 heavy (non-hydrogen) atoms. The van der Waals surface area contributed by atoms with Gasteiger partial charge in [-0.25, -0.2) is 9.97 Å². The molecule has 1 fully saturated rings. The molecule has 0 unspecified atom stereocenters. The van der Waals surface area contributed by atoms with E-state index in [1.807, 2.05) is 24.3 Å². The zero-order valence-corrected chi connectivity index (χ0v) is 15.5. The second-order valence-corrected chi connectivity index (χ2v) is 6.68. The number of amides is 1. The Balaban J connectivity index is 1.38. The minimum atomic E-state index is -0.251. The fourth-order valence-electron chi connectivity index (χ4n) is 3.18. The van der Waals surface area contributed by atoms with Crippen molar-refractivity contribution in [3.63, 3.8) is 0 Å². The average molecular weight is 374 g/mol. The highest BCUT2D eigenvalue weighted by Crippen LogP contribution is 2.23. The minimum Gasteiger partial charge on any atom is -0.372 e. The van der Waals surface area contributed by atoms with Crippen LogP contribution < -0.4 is 15.5 Å². The summed E-state index contributed by atoms with van der Waals surface area (Å²) in [5.41, 5.74) is 3.36. The van der Waals surface area contributed by atoms with Crippen LogP contribution in [0, 0.1) is 0 Å². The maximum absolute atomic E-state index is 12.4. The molecule has 3 heterocycles. The number of aromatic nitrogens is 3. The van der Waals surface area contributed by atoms with Gasteiger partial charge in [-0.3, -0.25) is 9.78 Å². The van der Waals surface area contributed by atoms with Gasteiger partial charge < -0.3 is 15.5 Å². The molecule has 1 amide bonds. The molecule has 0 saturated carbocycles. The Kier molecular flexibility index (Phi) is 5.42. The summed E-state index contributed by atoms with van der Waals surface area (Å²) < 4.78 is 0. The number of pyridine rings is 1. The molecule has 0 atom stereocenters. The number of hydrogen-bond acceptors (Lipinski definition) is 6. The number of benzene rings is 1. The van der Waals surface area contributed by atoms with Crippen molar-refractivity contribution >= 4 is 23.2 Å². The van der Waals surface area contributed by atoms with Gasteiger partial charge in [0, 0.05) is 49.6 Å². The predicted octanol–water partition coefficient (Wildman–Crippen LogP) is 3.15. The lowest BCUT2D eigenvalue weighted by Gasteiger charge is -2.17. The number of nitrogens with one attached hydrogen (secondary N) is 2. The maximum atomic E-state index is 12.4. The summed E-state index contributed by atoms with van der Waals surface area (Å²) in [5, 5.41) is 6.00. The Morgan fingerprint density at radius 3 is 2.61 bits per heavy atom. The molecule has 0 spiro atoms. The molecule has 1 aliphatic rings. The first kappa shape index (κ1) is 17.9. The van der Waals surface area contributed by atoms with Crippen molar-refractivity contribution in [1.82, 2.24) is 20.3 Å². The van der Waals surface area contributed by atoms with E-state index in [1.165, 1.54) is 18.5 Å². The van der Waals surface area contributed by atoms with Crippen LogP contribution in [0.2, 0.25) is 0 Å². The van der Waals surface area contributed by atoms with E-state index in [2.05, 4.69) is 42.6 Å². The molecule has 0 radical (unpaired) electrons. The van der Waals surface area contributed by atoms with Crippen LogP contribution in [0.15, 0.2) is 61.1 Å². The van der Waals surface area contributed by atoms with Crippen molar-refractivity contribution in [3.8, 4) is 0 Å². The molecule has 3 aromatic rings. The lowest BCUT2D eigenvalue weighted by molar-refractivity contribution is 0.0946. The number of rotatable bonds is 6. The highest BCUT2D eigenvalue weighted by atomic mass is 16.1. The van der Waals surface area contributed by atoms with Crippen molar-refractivity contribution in [2.24, 2.45) is 0 Å². The van der Waals surface area contributed by atoms with E-state index in [4.69, 9.17) is 0 Å². The van der Waals surface area contributed by atoms with Crippen molar-refractivity contribution in [1.29, 1.82) is 0 Å². The summed E-state index contributed by atoms with van der Waals surface area (Å²) in [7, 11) is 0. The topological polar surface area (TPSA) is 83.0 Å². The fourth-order valence-corrected chi connectivity index (χ4v) is 3.18. The van der Waals surface area contributed by atoms with Crippen LogP contribution in [-0.4, -0.2) is 33.9 Å². The summed E-state index contributed by atoms with van der Waals surface area (Å²) in [4.78, 5) is 27.3. The van der Waals surface area contributed by atoms with Crippen LogP contribution in [0.1, 0.15) is 28.9 Å². The summed E-state index contributed by atoms with van der Waals surface area (Å²) >= 11 is 0. The summed E-state index contributed by atoms with van der Waals surface area (Å²) in [6.07, 6.45) is 7.50. The quantitative estimate of drug-likeness (QED) is 0.690. The van der Waals surface area contributed by atoms with Gasteiger partial charge >= 0.3 is 0 Å². The van der Waals surface area contributed by atoms with Gasteiger partial charge in [-0.15, -0.1) is 0 Å². The van der Waals surface area contributed by atoms with Gasteiger partial charge in [0.25, 0.3) is 5.91 Å². The highest BCUT2D eigenvalue weighted by Gasteiger charge is 2.12. The first-order chi connectivity index (χ1) is 13.8. The maximum Gasteiger partial charge on any atom is 0.270 e. The van der Waals surface area contributed by atoms with E-state index in [-0.39, 0.29) is 5.91 Å².